The number of rotatable bonds is 5. The van der Waals surface area contributed by atoms with E-state index < -0.39 is 0 Å². The highest BCUT2D eigenvalue weighted by molar-refractivity contribution is 5.39. The molecule has 2 N–H and O–H groups in total. The van der Waals surface area contributed by atoms with Crippen LogP contribution in [0.25, 0.3) is 0 Å². The lowest BCUT2D eigenvalue weighted by Crippen LogP contribution is -2.67. The average Bonchev–Trinajstić information content (AvgIpc) is 2.35. The van der Waals surface area contributed by atoms with Crippen LogP contribution in [0.3, 0.4) is 0 Å². The Morgan fingerprint density at radius 2 is 1.72 bits per heavy atom. The van der Waals surface area contributed by atoms with E-state index in [2.05, 4.69) is 21.9 Å². The summed E-state index contributed by atoms with van der Waals surface area (Å²) >= 11 is 0. The van der Waals surface area contributed by atoms with Crippen molar-refractivity contribution in [3.05, 3.63) is 0 Å². The summed E-state index contributed by atoms with van der Waals surface area (Å²) < 4.78 is 10.0. The zero-order valence-electron chi connectivity index (χ0n) is 11.0. The zero-order chi connectivity index (χ0) is 13.2. The summed E-state index contributed by atoms with van der Waals surface area (Å²) in [5.74, 6) is 0.552. The molecule has 0 bridgehead atoms. The molecule has 2 heterocycles. The van der Waals surface area contributed by atoms with Gasteiger partial charge in [-0.05, 0) is 6.42 Å². The summed E-state index contributed by atoms with van der Waals surface area (Å²) in [5, 5.41) is 0. The Morgan fingerprint density at radius 3 is 2.17 bits per heavy atom. The van der Waals surface area contributed by atoms with Crippen LogP contribution in [0.5, 0.6) is 12.0 Å². The summed E-state index contributed by atoms with van der Waals surface area (Å²) in [6.07, 6.45) is 2.08. The molecule has 0 aliphatic carbocycles. The summed E-state index contributed by atoms with van der Waals surface area (Å²) in [5.41, 5.74) is 6.08. The van der Waals surface area contributed by atoms with E-state index in [1.165, 1.54) is 14.2 Å². The van der Waals surface area contributed by atoms with Crippen LogP contribution >= 0.6 is 0 Å². The Hall–Kier alpha value is -1.63. The van der Waals surface area contributed by atoms with Crippen LogP contribution in [0, 0.1) is 0 Å². The highest BCUT2D eigenvalue weighted by atomic mass is 16.5. The van der Waals surface area contributed by atoms with Gasteiger partial charge < -0.3 is 20.1 Å². The van der Waals surface area contributed by atoms with Gasteiger partial charge in [-0.3, -0.25) is 0 Å². The van der Waals surface area contributed by atoms with Crippen LogP contribution in [0.2, 0.25) is 0 Å². The first-order chi connectivity index (χ1) is 8.60. The molecule has 100 valence electrons. The quantitative estimate of drug-likeness (QED) is 0.802. The van der Waals surface area contributed by atoms with Gasteiger partial charge in [0.25, 0.3) is 0 Å². The molecule has 2 rings (SSSR count). The number of nitrogens with two attached hydrogens (primary N) is 1. The number of hydrogen-bond acceptors (Lipinski definition) is 7. The predicted molar refractivity (Wildman–Crippen MR) is 67.0 cm³/mol. The molecule has 7 nitrogen and oxygen atoms in total. The minimum atomic E-state index is -0.123. The fourth-order valence-corrected chi connectivity index (χ4v) is 2.16. The first kappa shape index (κ1) is 12.8. The predicted octanol–water partition coefficient (Wildman–Crippen LogP) is 0.206. The van der Waals surface area contributed by atoms with E-state index in [4.69, 9.17) is 15.2 Å². The van der Waals surface area contributed by atoms with Crippen LogP contribution in [0.1, 0.15) is 19.8 Å². The van der Waals surface area contributed by atoms with Crippen molar-refractivity contribution in [2.45, 2.75) is 25.3 Å². The van der Waals surface area contributed by atoms with Gasteiger partial charge in [0.1, 0.15) is 0 Å². The maximum absolute atomic E-state index is 6.21. The lowest BCUT2D eigenvalue weighted by atomic mass is 9.87. The molecule has 0 aromatic carbocycles. The molecule has 1 aromatic heterocycles. The molecule has 1 saturated heterocycles. The second-order valence-corrected chi connectivity index (χ2v) is 4.58. The molecular formula is C11H19N5O2. The molecule has 1 aliphatic rings. The van der Waals surface area contributed by atoms with Crippen molar-refractivity contribution in [1.82, 2.24) is 15.0 Å². The van der Waals surface area contributed by atoms with E-state index in [1.807, 2.05) is 4.90 Å². The molecule has 0 spiro atoms. The summed E-state index contributed by atoms with van der Waals surface area (Å²) in [6.45, 7) is 3.63. The number of hydrogen-bond donors (Lipinski definition) is 1. The van der Waals surface area contributed by atoms with Gasteiger partial charge in [0.05, 0.1) is 19.8 Å². The fraction of sp³-hybridized carbons (Fsp3) is 0.727. The molecule has 0 atom stereocenters. The van der Waals surface area contributed by atoms with Gasteiger partial charge in [-0.15, -0.1) is 4.98 Å². The number of aromatic nitrogens is 3. The van der Waals surface area contributed by atoms with Crippen molar-refractivity contribution >= 4 is 5.95 Å². The first-order valence-electron chi connectivity index (χ1n) is 5.98. The van der Waals surface area contributed by atoms with E-state index >= 15 is 0 Å². The summed E-state index contributed by atoms with van der Waals surface area (Å²) in [4.78, 5) is 14.3. The van der Waals surface area contributed by atoms with Crippen molar-refractivity contribution in [3.63, 3.8) is 0 Å². The van der Waals surface area contributed by atoms with Crippen molar-refractivity contribution < 1.29 is 9.47 Å². The molecule has 18 heavy (non-hydrogen) atoms. The number of ether oxygens (including phenoxy) is 2. The molecule has 7 heteroatoms. The fourth-order valence-electron chi connectivity index (χ4n) is 2.16. The zero-order valence-corrected chi connectivity index (χ0v) is 11.0. The minimum absolute atomic E-state index is 0.123. The van der Waals surface area contributed by atoms with Crippen molar-refractivity contribution in [3.8, 4) is 12.0 Å². The van der Waals surface area contributed by atoms with Gasteiger partial charge in [0, 0.05) is 13.1 Å². The number of methoxy groups -OCH3 is 2. The largest absolute Gasteiger partial charge is 0.467 e. The first-order valence-corrected chi connectivity index (χ1v) is 5.98. The van der Waals surface area contributed by atoms with Crippen LogP contribution < -0.4 is 20.1 Å². The minimum Gasteiger partial charge on any atom is -0.467 e. The Bertz CT molecular complexity index is 398. The van der Waals surface area contributed by atoms with E-state index in [9.17, 15) is 0 Å². The van der Waals surface area contributed by atoms with Crippen LogP contribution in [0.15, 0.2) is 0 Å². The van der Waals surface area contributed by atoms with Crippen molar-refractivity contribution in [1.29, 1.82) is 0 Å². The molecule has 1 aliphatic heterocycles. The average molecular weight is 253 g/mol. The SMILES string of the molecule is CCCC1(N)CN(c2nc(OC)nc(OC)n2)C1. The molecule has 1 aromatic rings. The van der Waals surface area contributed by atoms with Crippen LogP contribution in [-0.4, -0.2) is 47.8 Å². The van der Waals surface area contributed by atoms with Gasteiger partial charge in [-0.1, -0.05) is 13.3 Å². The topological polar surface area (TPSA) is 86.4 Å². The molecule has 1 fully saturated rings. The van der Waals surface area contributed by atoms with Gasteiger partial charge >= 0.3 is 12.0 Å². The Labute approximate surface area is 106 Å². The monoisotopic (exact) mass is 253 g/mol. The third-order valence-corrected chi connectivity index (χ3v) is 2.99. The Morgan fingerprint density at radius 1 is 1.17 bits per heavy atom. The van der Waals surface area contributed by atoms with E-state index in [0.29, 0.717) is 5.95 Å². The molecular weight excluding hydrogens is 234 g/mol. The number of nitrogens with zero attached hydrogens (tertiary/aromatic N) is 4. The van der Waals surface area contributed by atoms with E-state index in [0.717, 1.165) is 25.9 Å². The second kappa shape index (κ2) is 4.93. The second-order valence-electron chi connectivity index (χ2n) is 4.58. The van der Waals surface area contributed by atoms with Gasteiger partial charge in [0.15, 0.2) is 0 Å². The van der Waals surface area contributed by atoms with Crippen molar-refractivity contribution in [2.75, 3.05) is 32.2 Å². The standard InChI is InChI=1S/C11H19N5O2/c1-4-5-11(12)6-16(7-11)8-13-9(17-2)15-10(14-8)18-3/h4-7,12H2,1-3H3. The van der Waals surface area contributed by atoms with Crippen LogP contribution in [-0.2, 0) is 0 Å². The molecule has 0 amide bonds. The third-order valence-electron chi connectivity index (χ3n) is 2.99. The highest BCUT2D eigenvalue weighted by Crippen LogP contribution is 2.28. The summed E-state index contributed by atoms with van der Waals surface area (Å²) in [6, 6.07) is 0.503. The van der Waals surface area contributed by atoms with E-state index in [-0.39, 0.29) is 17.6 Å². The van der Waals surface area contributed by atoms with Crippen molar-refractivity contribution in [2.24, 2.45) is 5.73 Å². The van der Waals surface area contributed by atoms with Gasteiger partial charge in [0.2, 0.25) is 5.95 Å². The lowest BCUT2D eigenvalue weighted by molar-refractivity contribution is 0.296. The van der Waals surface area contributed by atoms with Gasteiger partial charge in [-0.2, -0.15) is 9.97 Å². The van der Waals surface area contributed by atoms with Crippen LogP contribution in [0.4, 0.5) is 5.95 Å². The normalized spacial score (nSPS) is 17.2. The maximum Gasteiger partial charge on any atom is 0.324 e. The third kappa shape index (κ3) is 2.45. The lowest BCUT2D eigenvalue weighted by Gasteiger charge is -2.47. The molecule has 0 radical (unpaired) electrons. The smallest absolute Gasteiger partial charge is 0.324 e. The Balaban J connectivity index is 2.11. The highest BCUT2D eigenvalue weighted by Gasteiger charge is 2.40. The maximum atomic E-state index is 6.21. The van der Waals surface area contributed by atoms with Gasteiger partial charge in [-0.25, -0.2) is 0 Å². The summed E-state index contributed by atoms with van der Waals surface area (Å²) in [7, 11) is 3.03. The molecule has 0 unspecified atom stereocenters. The number of anilines is 1. The van der Waals surface area contributed by atoms with E-state index in [1.54, 1.807) is 0 Å². The molecule has 0 saturated carbocycles. The Kier molecular flexibility index (Phi) is 3.51.